The topological polar surface area (TPSA) is 73.9 Å². The number of ether oxygens (including phenoxy) is 3. The van der Waals surface area contributed by atoms with E-state index in [2.05, 4.69) is 12.2 Å². The number of anilines is 1. The molecule has 7 heteroatoms. The van der Waals surface area contributed by atoms with E-state index in [1.165, 1.54) is 25.3 Å². The van der Waals surface area contributed by atoms with Gasteiger partial charge in [-0.2, -0.15) is 0 Å². The van der Waals surface area contributed by atoms with E-state index in [-0.39, 0.29) is 28.8 Å². The third kappa shape index (κ3) is 6.81. The minimum Gasteiger partial charge on any atom is -0.496 e. The van der Waals surface area contributed by atoms with Gasteiger partial charge in [0.15, 0.2) is 0 Å². The molecule has 30 heavy (non-hydrogen) atoms. The van der Waals surface area contributed by atoms with Crippen LogP contribution in [0.1, 0.15) is 42.6 Å². The fourth-order valence-electron chi connectivity index (χ4n) is 2.54. The summed E-state index contributed by atoms with van der Waals surface area (Å²) in [7, 11) is 1.42. The average molecular weight is 432 g/mol. The van der Waals surface area contributed by atoms with Crippen molar-refractivity contribution in [3.05, 3.63) is 58.6 Å². The van der Waals surface area contributed by atoms with E-state index < -0.39 is 5.97 Å². The highest BCUT2D eigenvalue weighted by Gasteiger charge is 2.17. The third-order valence-corrected chi connectivity index (χ3v) is 4.43. The lowest BCUT2D eigenvalue weighted by molar-refractivity contribution is -0.111. The molecular weight excluding hydrogens is 406 g/mol. The first-order valence-electron chi connectivity index (χ1n) is 9.75. The summed E-state index contributed by atoms with van der Waals surface area (Å²) in [5.41, 5.74) is 1.38. The number of halogens is 1. The Morgan fingerprint density at radius 1 is 1.13 bits per heavy atom. The van der Waals surface area contributed by atoms with Crippen LogP contribution in [0.15, 0.2) is 42.5 Å². The molecule has 0 bridgehead atoms. The average Bonchev–Trinajstić information content (AvgIpc) is 2.74. The summed E-state index contributed by atoms with van der Waals surface area (Å²) in [6.07, 6.45) is 5.17. The molecule has 6 nitrogen and oxygen atoms in total. The molecule has 2 aromatic rings. The molecule has 0 fully saturated rings. The highest BCUT2D eigenvalue weighted by molar-refractivity contribution is 6.34. The van der Waals surface area contributed by atoms with Gasteiger partial charge in [0.2, 0.25) is 5.91 Å². The Morgan fingerprint density at radius 2 is 1.87 bits per heavy atom. The summed E-state index contributed by atoms with van der Waals surface area (Å²) in [4.78, 5) is 24.3. The van der Waals surface area contributed by atoms with Gasteiger partial charge in [0, 0.05) is 12.1 Å². The van der Waals surface area contributed by atoms with Crippen LogP contribution in [0.5, 0.6) is 11.5 Å². The van der Waals surface area contributed by atoms with E-state index >= 15 is 0 Å². The predicted octanol–water partition coefficient (Wildman–Crippen LogP) is 5.36. The standard InChI is InChI=1S/C23H26ClNO5/c1-4-6-13-30-17-10-7-16(8-11-17)9-12-22(26)25-20-15-21(28-3)18(14-19(20)24)23(27)29-5-2/h7-12,14-15H,4-6,13H2,1-3H3,(H,25,26)/b12-9+. The monoisotopic (exact) mass is 431 g/mol. The normalized spacial score (nSPS) is 10.7. The molecule has 1 amide bonds. The minimum absolute atomic E-state index is 0.194. The van der Waals surface area contributed by atoms with Gasteiger partial charge in [-0.3, -0.25) is 4.79 Å². The number of esters is 1. The first-order valence-corrected chi connectivity index (χ1v) is 10.1. The van der Waals surface area contributed by atoms with Crippen LogP contribution < -0.4 is 14.8 Å². The van der Waals surface area contributed by atoms with Crippen LogP contribution in [0, 0.1) is 0 Å². The molecule has 1 N–H and O–H groups in total. The van der Waals surface area contributed by atoms with Crippen LogP contribution in [0.25, 0.3) is 6.08 Å². The van der Waals surface area contributed by atoms with Crippen molar-refractivity contribution in [2.75, 3.05) is 25.6 Å². The zero-order chi connectivity index (χ0) is 21.9. The molecule has 0 aliphatic carbocycles. The number of hydrogen-bond acceptors (Lipinski definition) is 5. The lowest BCUT2D eigenvalue weighted by Gasteiger charge is -2.12. The number of unbranched alkanes of at least 4 members (excludes halogenated alkanes) is 1. The first kappa shape index (κ1) is 23.3. The Labute approximate surface area is 181 Å². The first-order chi connectivity index (χ1) is 14.5. The summed E-state index contributed by atoms with van der Waals surface area (Å²) in [6.45, 7) is 4.74. The third-order valence-electron chi connectivity index (χ3n) is 4.12. The minimum atomic E-state index is -0.545. The van der Waals surface area contributed by atoms with Crippen LogP contribution >= 0.6 is 11.6 Å². The number of methoxy groups -OCH3 is 1. The SMILES string of the molecule is CCCCOc1ccc(/C=C/C(=O)Nc2cc(OC)c(C(=O)OCC)cc2Cl)cc1. The van der Waals surface area contributed by atoms with Crippen LogP contribution in [-0.2, 0) is 9.53 Å². The van der Waals surface area contributed by atoms with Gasteiger partial charge < -0.3 is 19.5 Å². The number of benzene rings is 2. The Balaban J connectivity index is 2.04. The maximum absolute atomic E-state index is 12.3. The van der Waals surface area contributed by atoms with Crippen molar-refractivity contribution in [3.63, 3.8) is 0 Å². The number of nitrogens with one attached hydrogen (secondary N) is 1. The van der Waals surface area contributed by atoms with Crippen molar-refractivity contribution in [2.45, 2.75) is 26.7 Å². The van der Waals surface area contributed by atoms with Gasteiger partial charge in [-0.25, -0.2) is 4.79 Å². The molecule has 0 aliphatic heterocycles. The second kappa shape index (κ2) is 11.9. The van der Waals surface area contributed by atoms with Gasteiger partial charge in [0.25, 0.3) is 0 Å². The van der Waals surface area contributed by atoms with E-state index in [0.29, 0.717) is 12.3 Å². The smallest absolute Gasteiger partial charge is 0.341 e. The van der Waals surface area contributed by atoms with Crippen molar-refractivity contribution < 1.29 is 23.8 Å². The fraction of sp³-hybridized carbons (Fsp3) is 0.304. The molecule has 2 rings (SSSR count). The molecule has 0 radical (unpaired) electrons. The predicted molar refractivity (Wildman–Crippen MR) is 118 cm³/mol. The van der Waals surface area contributed by atoms with Crippen LogP contribution in [0.3, 0.4) is 0 Å². The summed E-state index contributed by atoms with van der Waals surface area (Å²) < 4.78 is 15.8. The Hall–Kier alpha value is -2.99. The summed E-state index contributed by atoms with van der Waals surface area (Å²) in [5.74, 6) is 0.142. The molecule has 0 spiro atoms. The molecule has 0 atom stereocenters. The number of carbonyl (C=O) groups excluding carboxylic acids is 2. The van der Waals surface area contributed by atoms with Crippen molar-refractivity contribution in [1.29, 1.82) is 0 Å². The van der Waals surface area contributed by atoms with Crippen molar-refractivity contribution in [2.24, 2.45) is 0 Å². The molecule has 0 saturated carbocycles. The van der Waals surface area contributed by atoms with Gasteiger partial charge >= 0.3 is 5.97 Å². The van der Waals surface area contributed by atoms with E-state index in [1.54, 1.807) is 13.0 Å². The Bertz CT molecular complexity index is 893. The molecule has 0 aromatic heterocycles. The second-order valence-corrected chi connectivity index (χ2v) is 6.75. The van der Waals surface area contributed by atoms with Gasteiger partial charge in [-0.1, -0.05) is 37.1 Å². The summed E-state index contributed by atoms with van der Waals surface area (Å²) in [5, 5.41) is 2.89. The molecular formula is C23H26ClNO5. The zero-order valence-electron chi connectivity index (χ0n) is 17.4. The molecule has 0 aliphatic rings. The largest absolute Gasteiger partial charge is 0.496 e. The maximum Gasteiger partial charge on any atom is 0.341 e. The lowest BCUT2D eigenvalue weighted by atomic mass is 10.1. The van der Waals surface area contributed by atoms with Gasteiger partial charge in [-0.05, 0) is 43.2 Å². The van der Waals surface area contributed by atoms with E-state index in [1.807, 2.05) is 24.3 Å². The fourth-order valence-corrected chi connectivity index (χ4v) is 2.75. The summed E-state index contributed by atoms with van der Waals surface area (Å²) in [6, 6.07) is 10.4. The zero-order valence-corrected chi connectivity index (χ0v) is 18.1. The second-order valence-electron chi connectivity index (χ2n) is 6.35. The highest BCUT2D eigenvalue weighted by atomic mass is 35.5. The van der Waals surface area contributed by atoms with Gasteiger partial charge in [0.05, 0.1) is 31.0 Å². The van der Waals surface area contributed by atoms with Crippen molar-refractivity contribution in [1.82, 2.24) is 0 Å². The molecule has 0 saturated heterocycles. The van der Waals surface area contributed by atoms with Crippen molar-refractivity contribution in [3.8, 4) is 11.5 Å². The van der Waals surface area contributed by atoms with Gasteiger partial charge in [-0.15, -0.1) is 0 Å². The van der Waals surface area contributed by atoms with Crippen LogP contribution in [-0.4, -0.2) is 32.2 Å². The number of amides is 1. The van der Waals surface area contributed by atoms with Gasteiger partial charge in [0.1, 0.15) is 17.1 Å². The van der Waals surface area contributed by atoms with E-state index in [0.717, 1.165) is 24.2 Å². The van der Waals surface area contributed by atoms with E-state index in [4.69, 9.17) is 25.8 Å². The molecule has 0 unspecified atom stereocenters. The molecule has 0 heterocycles. The molecule has 2 aromatic carbocycles. The number of carbonyl (C=O) groups is 2. The Morgan fingerprint density at radius 3 is 2.50 bits per heavy atom. The molecule has 160 valence electrons. The lowest BCUT2D eigenvalue weighted by Crippen LogP contribution is -2.11. The Kier molecular flexibility index (Phi) is 9.22. The summed E-state index contributed by atoms with van der Waals surface area (Å²) >= 11 is 6.22. The van der Waals surface area contributed by atoms with E-state index in [9.17, 15) is 9.59 Å². The maximum atomic E-state index is 12.3. The number of hydrogen-bond donors (Lipinski definition) is 1. The van der Waals surface area contributed by atoms with Crippen LogP contribution in [0.2, 0.25) is 5.02 Å². The quantitative estimate of drug-likeness (QED) is 0.311. The number of rotatable bonds is 10. The highest BCUT2D eigenvalue weighted by Crippen LogP contribution is 2.31. The van der Waals surface area contributed by atoms with Crippen LogP contribution in [0.4, 0.5) is 5.69 Å². The van der Waals surface area contributed by atoms with Crippen molar-refractivity contribution >= 4 is 35.2 Å².